The average molecular weight is 282 g/mol. The summed E-state index contributed by atoms with van der Waals surface area (Å²) in [5, 5.41) is 10.4. The van der Waals surface area contributed by atoms with Gasteiger partial charge in [0.2, 0.25) is 0 Å². The number of fused-ring (bicyclic) bond motifs is 1. The second-order valence-electron chi connectivity index (χ2n) is 5.87. The number of para-hydroxylation sites is 1. The molecule has 2 aromatic rings. The Morgan fingerprint density at radius 2 is 1.52 bits per heavy atom. The van der Waals surface area contributed by atoms with Gasteiger partial charge in [-0.1, -0.05) is 30.3 Å². The first kappa shape index (κ1) is 12.9. The summed E-state index contributed by atoms with van der Waals surface area (Å²) in [6.45, 7) is 0. The van der Waals surface area contributed by atoms with E-state index >= 15 is 0 Å². The maximum Gasteiger partial charge on any atom is 0.127 e. The largest absolute Gasteiger partial charge is 0.457 e. The number of hydrogen-bond acceptors (Lipinski definition) is 3. The minimum absolute atomic E-state index is 0.328. The van der Waals surface area contributed by atoms with E-state index in [1.165, 1.54) is 0 Å². The van der Waals surface area contributed by atoms with Crippen LogP contribution in [0.25, 0.3) is 0 Å². The highest BCUT2D eigenvalue weighted by atomic mass is 16.6. The van der Waals surface area contributed by atoms with Gasteiger partial charge >= 0.3 is 0 Å². The highest BCUT2D eigenvalue weighted by Crippen LogP contribution is 2.47. The molecule has 3 heteroatoms. The van der Waals surface area contributed by atoms with Crippen molar-refractivity contribution in [1.29, 1.82) is 0 Å². The molecule has 1 heterocycles. The molecule has 1 N–H and O–H groups in total. The molecule has 2 aromatic carbocycles. The van der Waals surface area contributed by atoms with Gasteiger partial charge in [0.05, 0.1) is 18.3 Å². The van der Waals surface area contributed by atoms with Gasteiger partial charge in [0, 0.05) is 0 Å². The van der Waals surface area contributed by atoms with Gasteiger partial charge in [-0.25, -0.2) is 0 Å². The van der Waals surface area contributed by atoms with Crippen molar-refractivity contribution in [2.75, 3.05) is 0 Å². The van der Waals surface area contributed by atoms with Gasteiger partial charge in [-0.2, -0.15) is 0 Å². The molecule has 3 nitrogen and oxygen atoms in total. The topological polar surface area (TPSA) is 42.0 Å². The standard InChI is InChI=1S/C18H18O3/c19-18(13-10-16-17(11-13)21-16)12-6-8-15(9-7-12)20-14-4-2-1-3-5-14/h1-9,13,16-19H,10-11H2. The molecule has 1 saturated carbocycles. The van der Waals surface area contributed by atoms with E-state index in [1.807, 2.05) is 54.6 Å². The minimum atomic E-state index is -0.396. The molecule has 21 heavy (non-hydrogen) atoms. The maximum atomic E-state index is 10.4. The molecule has 2 aliphatic rings. The average Bonchev–Trinajstić information content (AvgIpc) is 3.14. The zero-order valence-electron chi connectivity index (χ0n) is 11.7. The van der Waals surface area contributed by atoms with Crippen molar-refractivity contribution in [1.82, 2.24) is 0 Å². The molecule has 2 fully saturated rings. The van der Waals surface area contributed by atoms with Crippen LogP contribution in [0.5, 0.6) is 11.5 Å². The SMILES string of the molecule is OC(c1ccc(Oc2ccccc2)cc1)C1CC2OC2C1. The van der Waals surface area contributed by atoms with E-state index in [9.17, 15) is 5.11 Å². The van der Waals surface area contributed by atoms with E-state index in [4.69, 9.17) is 9.47 Å². The van der Waals surface area contributed by atoms with Crippen molar-refractivity contribution < 1.29 is 14.6 Å². The third-order valence-electron chi connectivity index (χ3n) is 4.40. The van der Waals surface area contributed by atoms with Crippen LogP contribution in [0.1, 0.15) is 24.5 Å². The Labute approximate surface area is 124 Å². The quantitative estimate of drug-likeness (QED) is 0.870. The fourth-order valence-electron chi connectivity index (χ4n) is 3.17. The van der Waals surface area contributed by atoms with Crippen LogP contribution in [-0.2, 0) is 4.74 Å². The van der Waals surface area contributed by atoms with Gasteiger partial charge in [-0.3, -0.25) is 0 Å². The van der Waals surface area contributed by atoms with Gasteiger partial charge in [0.1, 0.15) is 11.5 Å². The fraction of sp³-hybridized carbons (Fsp3) is 0.333. The van der Waals surface area contributed by atoms with E-state index in [-0.39, 0.29) is 0 Å². The third-order valence-corrected chi connectivity index (χ3v) is 4.40. The second-order valence-corrected chi connectivity index (χ2v) is 5.87. The smallest absolute Gasteiger partial charge is 0.127 e. The van der Waals surface area contributed by atoms with Gasteiger partial charge in [0.25, 0.3) is 0 Å². The molecule has 4 rings (SSSR count). The number of rotatable bonds is 4. The summed E-state index contributed by atoms with van der Waals surface area (Å²) >= 11 is 0. The molecule has 0 bridgehead atoms. The Hall–Kier alpha value is -1.84. The number of benzene rings is 2. The Balaban J connectivity index is 1.43. The Kier molecular flexibility index (Phi) is 3.17. The van der Waals surface area contributed by atoms with Crippen molar-refractivity contribution in [2.24, 2.45) is 5.92 Å². The van der Waals surface area contributed by atoms with Crippen LogP contribution in [-0.4, -0.2) is 17.3 Å². The van der Waals surface area contributed by atoms with Gasteiger partial charge < -0.3 is 14.6 Å². The third kappa shape index (κ3) is 2.67. The Bertz CT molecular complexity index is 598. The first-order chi connectivity index (χ1) is 10.3. The molecule has 108 valence electrons. The number of hydrogen-bond donors (Lipinski definition) is 1. The fourth-order valence-corrected chi connectivity index (χ4v) is 3.17. The molecule has 3 unspecified atom stereocenters. The van der Waals surface area contributed by atoms with Crippen molar-refractivity contribution in [2.45, 2.75) is 31.2 Å². The van der Waals surface area contributed by atoms with Gasteiger partial charge in [-0.15, -0.1) is 0 Å². The molecule has 0 radical (unpaired) electrons. The van der Waals surface area contributed by atoms with Crippen LogP contribution in [0.4, 0.5) is 0 Å². The number of aliphatic hydroxyl groups is 1. The molecule has 0 amide bonds. The van der Waals surface area contributed by atoms with Crippen molar-refractivity contribution >= 4 is 0 Å². The molecule has 0 aromatic heterocycles. The Morgan fingerprint density at radius 1 is 0.905 bits per heavy atom. The molecule has 1 aliphatic heterocycles. The van der Waals surface area contributed by atoms with Crippen LogP contribution in [0.2, 0.25) is 0 Å². The highest BCUT2D eigenvalue weighted by Gasteiger charge is 2.49. The second kappa shape index (κ2) is 5.17. The van der Waals surface area contributed by atoms with E-state index in [0.29, 0.717) is 18.1 Å². The lowest BCUT2D eigenvalue weighted by atomic mass is 9.94. The molecule has 1 saturated heterocycles. The van der Waals surface area contributed by atoms with Crippen LogP contribution >= 0.6 is 0 Å². The maximum absolute atomic E-state index is 10.4. The molecular formula is C18H18O3. The normalized spacial score (nSPS) is 28.0. The van der Waals surface area contributed by atoms with E-state index in [1.54, 1.807) is 0 Å². The lowest BCUT2D eigenvalue weighted by Gasteiger charge is -2.19. The van der Waals surface area contributed by atoms with Crippen LogP contribution in [0.15, 0.2) is 54.6 Å². The molecule has 0 spiro atoms. The number of epoxide rings is 1. The van der Waals surface area contributed by atoms with E-state index < -0.39 is 6.10 Å². The van der Waals surface area contributed by atoms with Crippen LogP contribution < -0.4 is 4.74 Å². The monoisotopic (exact) mass is 282 g/mol. The van der Waals surface area contributed by atoms with Crippen molar-refractivity contribution in [3.8, 4) is 11.5 Å². The predicted molar refractivity (Wildman–Crippen MR) is 79.3 cm³/mol. The zero-order valence-corrected chi connectivity index (χ0v) is 11.7. The summed E-state index contributed by atoms with van der Waals surface area (Å²) in [6, 6.07) is 17.4. The van der Waals surface area contributed by atoms with Crippen molar-refractivity contribution in [3.63, 3.8) is 0 Å². The van der Waals surface area contributed by atoms with Crippen molar-refractivity contribution in [3.05, 3.63) is 60.2 Å². The molecular weight excluding hydrogens is 264 g/mol. The highest BCUT2D eigenvalue weighted by molar-refractivity contribution is 5.33. The number of aliphatic hydroxyl groups excluding tert-OH is 1. The summed E-state index contributed by atoms with van der Waals surface area (Å²) in [4.78, 5) is 0. The molecule has 3 atom stereocenters. The summed E-state index contributed by atoms with van der Waals surface area (Å²) in [5.41, 5.74) is 0.960. The van der Waals surface area contributed by atoms with Gasteiger partial charge in [0.15, 0.2) is 0 Å². The summed E-state index contributed by atoms with van der Waals surface area (Å²) in [6.07, 6.45) is 2.38. The lowest BCUT2D eigenvalue weighted by Crippen LogP contribution is -2.11. The number of ether oxygens (including phenoxy) is 2. The summed E-state index contributed by atoms with van der Waals surface area (Å²) < 4.78 is 11.2. The first-order valence-corrected chi connectivity index (χ1v) is 7.46. The van der Waals surface area contributed by atoms with Crippen LogP contribution in [0.3, 0.4) is 0 Å². The Morgan fingerprint density at radius 3 is 2.19 bits per heavy atom. The van der Waals surface area contributed by atoms with Gasteiger partial charge in [-0.05, 0) is 48.6 Å². The summed E-state index contributed by atoms with van der Waals surface area (Å²) in [5.74, 6) is 1.93. The van der Waals surface area contributed by atoms with E-state index in [0.717, 1.165) is 29.9 Å². The minimum Gasteiger partial charge on any atom is -0.457 e. The lowest BCUT2D eigenvalue weighted by molar-refractivity contribution is 0.0866. The summed E-state index contributed by atoms with van der Waals surface area (Å²) in [7, 11) is 0. The van der Waals surface area contributed by atoms with E-state index in [2.05, 4.69) is 0 Å². The zero-order chi connectivity index (χ0) is 14.2. The molecule has 1 aliphatic carbocycles. The predicted octanol–water partition coefficient (Wildman–Crippen LogP) is 3.69. The first-order valence-electron chi connectivity index (χ1n) is 7.46. The van der Waals surface area contributed by atoms with Crippen LogP contribution in [0, 0.1) is 5.92 Å².